The van der Waals surface area contributed by atoms with Crippen LogP contribution in [0, 0.1) is 0 Å². The first-order valence-electron chi connectivity index (χ1n) is 6.44. The number of nitrogens with zero attached hydrogens (tertiary/aromatic N) is 3. The van der Waals surface area contributed by atoms with Crippen molar-refractivity contribution in [1.29, 1.82) is 0 Å². The van der Waals surface area contributed by atoms with Crippen LogP contribution in [0.5, 0.6) is 5.75 Å². The van der Waals surface area contributed by atoms with Crippen LogP contribution < -0.4 is 4.74 Å². The summed E-state index contributed by atoms with van der Waals surface area (Å²) in [6, 6.07) is 15.2. The number of benzene rings is 2. The van der Waals surface area contributed by atoms with Crippen molar-refractivity contribution in [3.05, 3.63) is 54.1 Å². The van der Waals surface area contributed by atoms with E-state index in [0.29, 0.717) is 23.4 Å². The first-order chi connectivity index (χ1) is 10.2. The number of fused-ring (bicyclic) bond motifs is 1. The van der Waals surface area contributed by atoms with E-state index in [1.807, 2.05) is 30.3 Å². The minimum absolute atomic E-state index is 0.255. The summed E-state index contributed by atoms with van der Waals surface area (Å²) in [6.45, 7) is 0.213. The maximum absolute atomic E-state index is 10.6. The molecule has 21 heavy (non-hydrogen) atoms. The Morgan fingerprint density at radius 2 is 1.86 bits per heavy atom. The summed E-state index contributed by atoms with van der Waals surface area (Å²) >= 11 is 0. The van der Waals surface area contributed by atoms with E-state index in [-0.39, 0.29) is 6.54 Å². The standard InChI is InChI=1S/C15H13N3O3/c19-15(20)9-18-16-13-7-6-12(8-14(13)17-18)21-10-11-4-2-1-3-5-11/h1-8H,9-10H2,(H,19,20). The minimum Gasteiger partial charge on any atom is -0.489 e. The van der Waals surface area contributed by atoms with E-state index in [1.165, 1.54) is 0 Å². The van der Waals surface area contributed by atoms with Crippen LogP contribution in [0.2, 0.25) is 0 Å². The van der Waals surface area contributed by atoms with Crippen molar-refractivity contribution < 1.29 is 14.6 Å². The largest absolute Gasteiger partial charge is 0.489 e. The van der Waals surface area contributed by atoms with Crippen molar-refractivity contribution in [3.8, 4) is 5.75 Å². The van der Waals surface area contributed by atoms with Gasteiger partial charge in [-0.15, -0.1) is 0 Å². The normalized spacial score (nSPS) is 10.7. The fourth-order valence-corrected chi connectivity index (χ4v) is 1.96. The maximum Gasteiger partial charge on any atom is 0.327 e. The lowest BCUT2D eigenvalue weighted by Gasteiger charge is -2.05. The molecule has 2 aromatic carbocycles. The molecule has 1 N–H and O–H groups in total. The summed E-state index contributed by atoms with van der Waals surface area (Å²) in [5.41, 5.74) is 2.33. The Labute approximate surface area is 120 Å². The highest BCUT2D eigenvalue weighted by molar-refractivity contribution is 5.75. The Morgan fingerprint density at radius 1 is 1.10 bits per heavy atom. The molecule has 0 unspecified atom stereocenters. The van der Waals surface area contributed by atoms with Gasteiger partial charge in [0.1, 0.15) is 23.4 Å². The third-order valence-corrected chi connectivity index (χ3v) is 2.92. The lowest BCUT2D eigenvalue weighted by atomic mass is 10.2. The minimum atomic E-state index is -0.976. The first-order valence-corrected chi connectivity index (χ1v) is 6.44. The van der Waals surface area contributed by atoms with Crippen molar-refractivity contribution in [2.45, 2.75) is 13.2 Å². The monoisotopic (exact) mass is 283 g/mol. The predicted octanol–water partition coefficient (Wildman–Crippen LogP) is 2.09. The zero-order valence-corrected chi connectivity index (χ0v) is 11.1. The number of rotatable bonds is 5. The fraction of sp³-hybridized carbons (Fsp3) is 0.133. The van der Waals surface area contributed by atoms with Crippen LogP contribution in [-0.4, -0.2) is 26.1 Å². The Morgan fingerprint density at radius 3 is 2.62 bits per heavy atom. The van der Waals surface area contributed by atoms with Crippen molar-refractivity contribution in [2.24, 2.45) is 0 Å². The Kier molecular flexibility index (Phi) is 3.51. The molecule has 0 fully saturated rings. The zero-order valence-electron chi connectivity index (χ0n) is 11.1. The summed E-state index contributed by atoms with van der Waals surface area (Å²) in [6.07, 6.45) is 0. The molecular formula is C15H13N3O3. The molecule has 3 aromatic rings. The number of ether oxygens (including phenoxy) is 1. The van der Waals surface area contributed by atoms with Gasteiger partial charge >= 0.3 is 5.97 Å². The van der Waals surface area contributed by atoms with Gasteiger partial charge in [0.2, 0.25) is 0 Å². The van der Waals surface area contributed by atoms with Gasteiger partial charge in [-0.25, -0.2) is 0 Å². The summed E-state index contributed by atoms with van der Waals surface area (Å²) in [4.78, 5) is 11.8. The van der Waals surface area contributed by atoms with Gasteiger partial charge in [0.25, 0.3) is 0 Å². The Hall–Kier alpha value is -2.89. The highest BCUT2D eigenvalue weighted by Gasteiger charge is 2.07. The Bertz CT molecular complexity index is 768. The SMILES string of the molecule is O=C(O)Cn1nc2ccc(OCc3ccccc3)cc2n1. The quantitative estimate of drug-likeness (QED) is 0.775. The molecule has 0 bridgehead atoms. The smallest absolute Gasteiger partial charge is 0.327 e. The van der Waals surface area contributed by atoms with Crippen LogP contribution in [0.3, 0.4) is 0 Å². The number of carbonyl (C=O) groups is 1. The molecular weight excluding hydrogens is 270 g/mol. The molecule has 0 atom stereocenters. The number of carboxylic acids is 1. The van der Waals surface area contributed by atoms with Crippen LogP contribution >= 0.6 is 0 Å². The lowest BCUT2D eigenvalue weighted by molar-refractivity contribution is -0.138. The van der Waals surface area contributed by atoms with E-state index in [1.54, 1.807) is 18.2 Å². The van der Waals surface area contributed by atoms with E-state index in [2.05, 4.69) is 10.2 Å². The molecule has 1 heterocycles. The van der Waals surface area contributed by atoms with E-state index >= 15 is 0 Å². The molecule has 0 aliphatic rings. The molecule has 106 valence electrons. The molecule has 6 nitrogen and oxygen atoms in total. The number of hydrogen-bond acceptors (Lipinski definition) is 4. The van der Waals surface area contributed by atoms with E-state index in [0.717, 1.165) is 10.4 Å². The van der Waals surface area contributed by atoms with Gasteiger partial charge in [-0.05, 0) is 17.7 Å². The van der Waals surface area contributed by atoms with Gasteiger partial charge < -0.3 is 9.84 Å². The van der Waals surface area contributed by atoms with Gasteiger partial charge in [-0.1, -0.05) is 30.3 Å². The molecule has 0 aliphatic carbocycles. The van der Waals surface area contributed by atoms with Crippen LogP contribution in [0.25, 0.3) is 11.0 Å². The third kappa shape index (κ3) is 3.17. The second-order valence-corrected chi connectivity index (χ2v) is 4.55. The molecule has 0 saturated carbocycles. The van der Waals surface area contributed by atoms with Crippen molar-refractivity contribution in [3.63, 3.8) is 0 Å². The van der Waals surface area contributed by atoms with Gasteiger partial charge in [0.05, 0.1) is 0 Å². The van der Waals surface area contributed by atoms with Crippen molar-refractivity contribution >= 4 is 17.0 Å². The fourth-order valence-electron chi connectivity index (χ4n) is 1.96. The Balaban J connectivity index is 1.76. The molecule has 6 heteroatoms. The predicted molar refractivity (Wildman–Crippen MR) is 75.9 cm³/mol. The molecule has 1 aromatic heterocycles. The van der Waals surface area contributed by atoms with E-state index in [4.69, 9.17) is 9.84 Å². The van der Waals surface area contributed by atoms with Gasteiger partial charge in [-0.2, -0.15) is 15.0 Å². The lowest BCUT2D eigenvalue weighted by Crippen LogP contribution is -2.11. The molecule has 0 aliphatic heterocycles. The average Bonchev–Trinajstić information content (AvgIpc) is 2.86. The van der Waals surface area contributed by atoms with E-state index in [9.17, 15) is 4.79 Å². The van der Waals surface area contributed by atoms with Gasteiger partial charge in [0, 0.05) is 6.07 Å². The summed E-state index contributed by atoms with van der Waals surface area (Å²) in [5.74, 6) is -0.301. The summed E-state index contributed by atoms with van der Waals surface area (Å²) in [5, 5.41) is 16.9. The third-order valence-electron chi connectivity index (χ3n) is 2.92. The number of aliphatic carboxylic acids is 1. The maximum atomic E-state index is 10.6. The average molecular weight is 283 g/mol. The number of hydrogen-bond donors (Lipinski definition) is 1. The molecule has 0 saturated heterocycles. The van der Waals surface area contributed by atoms with Crippen LogP contribution in [0.15, 0.2) is 48.5 Å². The summed E-state index contributed by atoms with van der Waals surface area (Å²) in [7, 11) is 0. The second-order valence-electron chi connectivity index (χ2n) is 4.55. The van der Waals surface area contributed by atoms with Crippen LogP contribution in [0.1, 0.15) is 5.56 Å². The number of carboxylic acid groups (broad SMARTS) is 1. The second kappa shape index (κ2) is 5.62. The molecule has 0 spiro atoms. The van der Waals surface area contributed by atoms with Gasteiger partial charge in [0.15, 0.2) is 6.54 Å². The molecule has 0 amide bonds. The van der Waals surface area contributed by atoms with E-state index < -0.39 is 5.97 Å². The van der Waals surface area contributed by atoms with Gasteiger partial charge in [-0.3, -0.25) is 4.79 Å². The zero-order chi connectivity index (χ0) is 14.7. The highest BCUT2D eigenvalue weighted by atomic mass is 16.5. The number of aromatic nitrogens is 3. The van der Waals surface area contributed by atoms with Crippen LogP contribution in [0.4, 0.5) is 0 Å². The topological polar surface area (TPSA) is 77.2 Å². The van der Waals surface area contributed by atoms with Crippen molar-refractivity contribution in [1.82, 2.24) is 15.0 Å². The molecule has 3 rings (SSSR count). The highest BCUT2D eigenvalue weighted by Crippen LogP contribution is 2.19. The summed E-state index contributed by atoms with van der Waals surface area (Å²) < 4.78 is 5.70. The van der Waals surface area contributed by atoms with Crippen LogP contribution in [-0.2, 0) is 17.9 Å². The molecule has 0 radical (unpaired) electrons. The van der Waals surface area contributed by atoms with Crippen molar-refractivity contribution in [2.75, 3.05) is 0 Å². The first kappa shape index (κ1) is 13.1.